The largest absolute Gasteiger partial charge is 0.464 e. The first kappa shape index (κ1) is 46.3. The second-order valence-electron chi connectivity index (χ2n) is 14.0. The molecule has 5 nitrogen and oxygen atoms in total. The van der Waals surface area contributed by atoms with E-state index in [0.717, 1.165) is 32.1 Å². The zero-order chi connectivity index (χ0) is 32.6. The van der Waals surface area contributed by atoms with Gasteiger partial charge in [-0.3, -0.25) is 14.9 Å². The van der Waals surface area contributed by atoms with E-state index >= 15 is 0 Å². The summed E-state index contributed by atoms with van der Waals surface area (Å²) in [5, 5.41) is 6.40. The molecule has 0 aromatic carbocycles. The van der Waals surface area contributed by atoms with Crippen molar-refractivity contribution in [2.75, 3.05) is 6.61 Å². The second-order valence-corrected chi connectivity index (χ2v) is 14.0. The van der Waals surface area contributed by atoms with E-state index in [4.69, 9.17) is 4.74 Å². The van der Waals surface area contributed by atoms with Crippen molar-refractivity contribution in [2.24, 2.45) is 0 Å². The van der Waals surface area contributed by atoms with Gasteiger partial charge >= 0.3 is 5.97 Å². The zero-order valence-electron chi connectivity index (χ0n) is 30.9. The van der Waals surface area contributed by atoms with E-state index < -0.39 is 5.54 Å². The SMILES string of the molecule is CCCCCCCCCCCCCCCCCC(=O)NC(CC)NC(C)(C)C(=O)OCCCCCCCCCCCCCC.Cl. The summed E-state index contributed by atoms with van der Waals surface area (Å²) < 4.78 is 5.60. The lowest BCUT2D eigenvalue weighted by molar-refractivity contribution is -0.151. The molecular formula is C39H79ClN2O3. The topological polar surface area (TPSA) is 67.4 Å². The van der Waals surface area contributed by atoms with Crippen LogP contribution in [0.4, 0.5) is 0 Å². The molecule has 0 fully saturated rings. The third-order valence-electron chi connectivity index (χ3n) is 9.03. The van der Waals surface area contributed by atoms with Gasteiger partial charge in [0.1, 0.15) is 5.54 Å². The summed E-state index contributed by atoms with van der Waals surface area (Å²) in [6.45, 7) is 10.7. The van der Waals surface area contributed by atoms with Gasteiger partial charge in [0.2, 0.25) is 5.91 Å². The Morgan fingerprint density at radius 2 is 0.867 bits per heavy atom. The van der Waals surface area contributed by atoms with Crippen LogP contribution in [0, 0.1) is 0 Å². The lowest BCUT2D eigenvalue weighted by atomic mass is 10.0. The van der Waals surface area contributed by atoms with Crippen LogP contribution < -0.4 is 10.6 Å². The Morgan fingerprint density at radius 1 is 0.533 bits per heavy atom. The molecule has 1 unspecified atom stereocenters. The van der Waals surface area contributed by atoms with Crippen molar-refractivity contribution < 1.29 is 14.3 Å². The van der Waals surface area contributed by atoms with Gasteiger partial charge < -0.3 is 10.1 Å². The first-order valence-electron chi connectivity index (χ1n) is 19.6. The summed E-state index contributed by atoms with van der Waals surface area (Å²) in [7, 11) is 0. The maximum absolute atomic E-state index is 12.7. The number of hydrogen-bond acceptors (Lipinski definition) is 4. The van der Waals surface area contributed by atoms with Crippen LogP contribution in [0.5, 0.6) is 0 Å². The number of hydrogen-bond donors (Lipinski definition) is 2. The van der Waals surface area contributed by atoms with Gasteiger partial charge in [-0.25, -0.2) is 0 Å². The van der Waals surface area contributed by atoms with E-state index in [2.05, 4.69) is 24.5 Å². The highest BCUT2D eigenvalue weighted by Gasteiger charge is 2.31. The molecule has 1 amide bonds. The van der Waals surface area contributed by atoms with E-state index in [1.807, 2.05) is 20.8 Å². The highest BCUT2D eigenvalue weighted by atomic mass is 35.5. The first-order valence-corrected chi connectivity index (χ1v) is 19.6. The molecule has 0 aromatic rings. The van der Waals surface area contributed by atoms with Gasteiger partial charge in [-0.15, -0.1) is 12.4 Å². The standard InChI is InChI=1S/C39H78N2O3.ClH/c1-6-9-11-13-15-17-19-21-22-23-24-26-28-30-32-34-37(42)40-36(8-3)41-39(4,5)38(43)44-35-33-31-29-27-25-20-18-16-14-12-10-7-2;/h36,41H,6-35H2,1-5H3,(H,40,42);1H. The Bertz CT molecular complexity index is 644. The Labute approximate surface area is 287 Å². The summed E-state index contributed by atoms with van der Waals surface area (Å²) in [5.41, 5.74) is -0.834. The predicted octanol–water partition coefficient (Wildman–Crippen LogP) is 12.1. The van der Waals surface area contributed by atoms with Crippen molar-refractivity contribution in [3.63, 3.8) is 0 Å². The van der Waals surface area contributed by atoms with Crippen LogP contribution in [0.1, 0.15) is 221 Å². The number of ether oxygens (including phenoxy) is 1. The molecule has 0 spiro atoms. The lowest BCUT2D eigenvalue weighted by Gasteiger charge is -2.30. The van der Waals surface area contributed by atoms with Gasteiger partial charge in [0.25, 0.3) is 0 Å². The first-order chi connectivity index (χ1) is 21.4. The normalized spacial score (nSPS) is 12.1. The predicted molar refractivity (Wildman–Crippen MR) is 198 cm³/mol. The molecule has 0 saturated heterocycles. The number of esters is 1. The minimum Gasteiger partial charge on any atom is -0.464 e. The molecule has 0 bridgehead atoms. The maximum Gasteiger partial charge on any atom is 0.325 e. The number of carbonyl (C=O) groups is 2. The van der Waals surface area contributed by atoms with E-state index in [1.54, 1.807) is 0 Å². The van der Waals surface area contributed by atoms with E-state index in [9.17, 15) is 9.59 Å². The van der Waals surface area contributed by atoms with Crippen LogP contribution in [-0.4, -0.2) is 30.2 Å². The molecule has 270 valence electrons. The minimum absolute atomic E-state index is 0. The monoisotopic (exact) mass is 659 g/mol. The fraction of sp³-hybridized carbons (Fsp3) is 0.949. The number of nitrogens with one attached hydrogen (secondary N) is 2. The lowest BCUT2D eigenvalue weighted by Crippen LogP contribution is -2.57. The molecule has 0 radical (unpaired) electrons. The maximum atomic E-state index is 12.7. The summed E-state index contributed by atoms with van der Waals surface area (Å²) in [6.07, 6.45) is 36.4. The Hall–Kier alpha value is -0.810. The fourth-order valence-electron chi connectivity index (χ4n) is 5.95. The molecule has 0 saturated carbocycles. The molecule has 45 heavy (non-hydrogen) atoms. The quantitative estimate of drug-likeness (QED) is 0.0410. The number of carbonyl (C=O) groups excluding carboxylic acids is 2. The third-order valence-corrected chi connectivity index (χ3v) is 9.03. The fourth-order valence-corrected chi connectivity index (χ4v) is 5.95. The number of rotatable bonds is 34. The van der Waals surface area contributed by atoms with Crippen LogP contribution in [0.3, 0.4) is 0 Å². The van der Waals surface area contributed by atoms with Crippen molar-refractivity contribution in [1.29, 1.82) is 0 Å². The van der Waals surface area contributed by atoms with Gasteiger partial charge in [0, 0.05) is 6.42 Å². The number of unbranched alkanes of at least 4 members (excludes halogenated alkanes) is 25. The smallest absolute Gasteiger partial charge is 0.325 e. The van der Waals surface area contributed by atoms with E-state index in [1.165, 1.54) is 148 Å². The third kappa shape index (κ3) is 31.6. The summed E-state index contributed by atoms with van der Waals surface area (Å²) >= 11 is 0. The van der Waals surface area contributed by atoms with Crippen molar-refractivity contribution in [3.05, 3.63) is 0 Å². The van der Waals surface area contributed by atoms with Crippen molar-refractivity contribution in [3.8, 4) is 0 Å². The molecule has 0 aliphatic carbocycles. The van der Waals surface area contributed by atoms with Crippen LogP contribution in [0.15, 0.2) is 0 Å². The van der Waals surface area contributed by atoms with Gasteiger partial charge in [0.15, 0.2) is 0 Å². The molecule has 0 rings (SSSR count). The summed E-state index contributed by atoms with van der Waals surface area (Å²) in [6, 6.07) is 0. The minimum atomic E-state index is -0.834. The van der Waals surface area contributed by atoms with E-state index in [-0.39, 0.29) is 30.4 Å². The van der Waals surface area contributed by atoms with Gasteiger partial charge in [0.05, 0.1) is 12.8 Å². The molecule has 0 aliphatic rings. The Balaban J connectivity index is 0. The van der Waals surface area contributed by atoms with Gasteiger partial charge in [-0.2, -0.15) is 0 Å². The molecule has 2 N–H and O–H groups in total. The Kier molecular flexibility index (Phi) is 35.5. The Morgan fingerprint density at radius 3 is 1.22 bits per heavy atom. The van der Waals surface area contributed by atoms with Crippen LogP contribution in [0.2, 0.25) is 0 Å². The molecular weight excluding hydrogens is 580 g/mol. The highest BCUT2D eigenvalue weighted by Crippen LogP contribution is 2.15. The number of halogens is 1. The van der Waals surface area contributed by atoms with Crippen LogP contribution in [0.25, 0.3) is 0 Å². The summed E-state index contributed by atoms with van der Waals surface area (Å²) in [5.74, 6) is -0.171. The van der Waals surface area contributed by atoms with Crippen LogP contribution >= 0.6 is 12.4 Å². The zero-order valence-corrected chi connectivity index (χ0v) is 31.7. The highest BCUT2D eigenvalue weighted by molar-refractivity contribution is 5.85. The number of amides is 1. The summed E-state index contributed by atoms with van der Waals surface area (Å²) in [4.78, 5) is 25.3. The molecule has 0 aliphatic heterocycles. The van der Waals surface area contributed by atoms with Crippen molar-refractivity contribution in [2.45, 2.75) is 233 Å². The second kappa shape index (κ2) is 34.5. The van der Waals surface area contributed by atoms with Gasteiger partial charge in [-0.1, -0.05) is 181 Å². The van der Waals surface area contributed by atoms with Crippen molar-refractivity contribution >= 4 is 24.3 Å². The van der Waals surface area contributed by atoms with Crippen molar-refractivity contribution in [1.82, 2.24) is 10.6 Å². The van der Waals surface area contributed by atoms with Gasteiger partial charge in [-0.05, 0) is 33.1 Å². The molecule has 0 aromatic heterocycles. The average molecular weight is 660 g/mol. The van der Waals surface area contributed by atoms with Crippen LogP contribution in [-0.2, 0) is 14.3 Å². The average Bonchev–Trinajstić information content (AvgIpc) is 3.00. The molecule has 1 atom stereocenters. The van der Waals surface area contributed by atoms with E-state index in [0.29, 0.717) is 13.0 Å². The molecule has 6 heteroatoms. The molecule has 0 heterocycles.